The first kappa shape index (κ1) is 11.7. The van der Waals surface area contributed by atoms with Crippen molar-refractivity contribution in [2.45, 2.75) is 32.8 Å². The Hall–Kier alpha value is -0.350. The molecule has 0 radical (unpaired) electrons. The fourth-order valence-corrected chi connectivity index (χ4v) is 1.75. The van der Waals surface area contributed by atoms with Gasteiger partial charge in [-0.05, 0) is 25.6 Å². The summed E-state index contributed by atoms with van der Waals surface area (Å²) < 4.78 is 5.45. The summed E-state index contributed by atoms with van der Waals surface area (Å²) in [6.45, 7) is 7.88. The van der Waals surface area contributed by atoms with Crippen molar-refractivity contribution in [3.63, 3.8) is 0 Å². The Bertz CT molecular complexity index is 187. The molecule has 1 aliphatic rings. The fraction of sp³-hybridized carbons (Fsp3) is 0.900. The van der Waals surface area contributed by atoms with E-state index in [4.69, 9.17) is 17.0 Å². The molecule has 1 N–H and O–H groups in total. The standard InChI is InChI=1S/C10H20N2OS/c1-3-4-5-11-10(14)12-6-7-13-9(2)8-12/h9H,3-8H2,1-2H3,(H,11,14). The van der Waals surface area contributed by atoms with Crippen molar-refractivity contribution in [3.05, 3.63) is 0 Å². The van der Waals surface area contributed by atoms with Gasteiger partial charge in [-0.2, -0.15) is 0 Å². The molecule has 0 aliphatic carbocycles. The van der Waals surface area contributed by atoms with Gasteiger partial charge in [0.25, 0.3) is 0 Å². The molecule has 0 bridgehead atoms. The molecular formula is C10H20N2OS. The minimum atomic E-state index is 0.301. The zero-order valence-corrected chi connectivity index (χ0v) is 9.90. The average molecular weight is 216 g/mol. The summed E-state index contributed by atoms with van der Waals surface area (Å²) >= 11 is 5.30. The molecule has 0 aromatic heterocycles. The lowest BCUT2D eigenvalue weighted by Crippen LogP contribution is -2.48. The lowest BCUT2D eigenvalue weighted by molar-refractivity contribution is 0.00556. The van der Waals surface area contributed by atoms with Crippen LogP contribution in [0.15, 0.2) is 0 Å². The zero-order valence-electron chi connectivity index (χ0n) is 9.08. The van der Waals surface area contributed by atoms with Gasteiger partial charge in [-0.25, -0.2) is 0 Å². The van der Waals surface area contributed by atoms with E-state index in [1.54, 1.807) is 0 Å². The monoisotopic (exact) mass is 216 g/mol. The van der Waals surface area contributed by atoms with Gasteiger partial charge in [0.05, 0.1) is 12.7 Å². The van der Waals surface area contributed by atoms with E-state index in [0.717, 1.165) is 31.4 Å². The first-order valence-electron chi connectivity index (χ1n) is 5.38. The highest BCUT2D eigenvalue weighted by atomic mass is 32.1. The van der Waals surface area contributed by atoms with Gasteiger partial charge in [0.15, 0.2) is 5.11 Å². The largest absolute Gasteiger partial charge is 0.375 e. The van der Waals surface area contributed by atoms with Crippen LogP contribution in [-0.4, -0.2) is 42.4 Å². The molecule has 1 heterocycles. The van der Waals surface area contributed by atoms with Crippen LogP contribution in [0.2, 0.25) is 0 Å². The van der Waals surface area contributed by atoms with Gasteiger partial charge in [-0.15, -0.1) is 0 Å². The quantitative estimate of drug-likeness (QED) is 0.569. The normalized spacial score (nSPS) is 22.1. The Kier molecular flexibility index (Phi) is 5.19. The predicted octanol–water partition coefficient (Wildman–Crippen LogP) is 1.38. The Balaban J connectivity index is 2.22. The maximum atomic E-state index is 5.45. The first-order valence-corrected chi connectivity index (χ1v) is 5.79. The van der Waals surface area contributed by atoms with E-state index >= 15 is 0 Å². The zero-order chi connectivity index (χ0) is 10.4. The third-order valence-corrected chi connectivity index (χ3v) is 2.74. The van der Waals surface area contributed by atoms with Crippen molar-refractivity contribution >= 4 is 17.3 Å². The van der Waals surface area contributed by atoms with Crippen molar-refractivity contribution in [1.82, 2.24) is 10.2 Å². The van der Waals surface area contributed by atoms with Crippen LogP contribution in [0, 0.1) is 0 Å². The molecule has 1 unspecified atom stereocenters. The van der Waals surface area contributed by atoms with Crippen molar-refractivity contribution < 1.29 is 4.74 Å². The van der Waals surface area contributed by atoms with Gasteiger partial charge in [0, 0.05) is 19.6 Å². The van der Waals surface area contributed by atoms with E-state index in [1.807, 2.05) is 0 Å². The smallest absolute Gasteiger partial charge is 0.169 e. The van der Waals surface area contributed by atoms with Crippen molar-refractivity contribution in [2.24, 2.45) is 0 Å². The Morgan fingerprint density at radius 2 is 2.43 bits per heavy atom. The molecule has 1 atom stereocenters. The lowest BCUT2D eigenvalue weighted by Gasteiger charge is -2.33. The second-order valence-corrected chi connectivity index (χ2v) is 4.10. The number of ether oxygens (including phenoxy) is 1. The molecule has 82 valence electrons. The van der Waals surface area contributed by atoms with Crippen LogP contribution in [0.5, 0.6) is 0 Å². The van der Waals surface area contributed by atoms with Gasteiger partial charge in [-0.1, -0.05) is 13.3 Å². The molecule has 0 aromatic rings. The van der Waals surface area contributed by atoms with E-state index in [9.17, 15) is 0 Å². The molecule has 3 nitrogen and oxygen atoms in total. The molecule has 0 amide bonds. The van der Waals surface area contributed by atoms with Gasteiger partial charge < -0.3 is 15.0 Å². The minimum Gasteiger partial charge on any atom is -0.375 e. The Morgan fingerprint density at radius 3 is 3.07 bits per heavy atom. The molecule has 0 spiro atoms. The van der Waals surface area contributed by atoms with E-state index < -0.39 is 0 Å². The molecule has 1 saturated heterocycles. The number of nitrogens with zero attached hydrogens (tertiary/aromatic N) is 1. The van der Waals surface area contributed by atoms with E-state index in [0.29, 0.717) is 6.10 Å². The third-order valence-electron chi connectivity index (χ3n) is 2.33. The van der Waals surface area contributed by atoms with Gasteiger partial charge >= 0.3 is 0 Å². The van der Waals surface area contributed by atoms with Crippen molar-refractivity contribution in [2.75, 3.05) is 26.2 Å². The molecule has 1 fully saturated rings. The number of rotatable bonds is 3. The summed E-state index contributed by atoms with van der Waals surface area (Å²) in [5, 5.41) is 4.16. The first-order chi connectivity index (χ1) is 6.74. The number of nitrogens with one attached hydrogen (secondary N) is 1. The summed E-state index contributed by atoms with van der Waals surface area (Å²) in [6.07, 6.45) is 2.68. The van der Waals surface area contributed by atoms with Gasteiger partial charge in [0.2, 0.25) is 0 Å². The number of thiocarbonyl (C=S) groups is 1. The number of hydrogen-bond donors (Lipinski definition) is 1. The molecule has 0 saturated carbocycles. The van der Waals surface area contributed by atoms with Crippen molar-refractivity contribution in [3.8, 4) is 0 Å². The molecular weight excluding hydrogens is 196 g/mol. The number of unbranched alkanes of at least 4 members (excludes halogenated alkanes) is 1. The van der Waals surface area contributed by atoms with Crippen LogP contribution in [-0.2, 0) is 4.74 Å². The molecule has 1 aliphatic heterocycles. The molecule has 4 heteroatoms. The summed E-state index contributed by atoms with van der Waals surface area (Å²) in [5.41, 5.74) is 0. The van der Waals surface area contributed by atoms with Crippen LogP contribution in [0.1, 0.15) is 26.7 Å². The second kappa shape index (κ2) is 6.19. The molecule has 1 rings (SSSR count). The predicted molar refractivity (Wildman–Crippen MR) is 62.5 cm³/mol. The van der Waals surface area contributed by atoms with E-state index in [1.165, 1.54) is 12.8 Å². The van der Waals surface area contributed by atoms with Gasteiger partial charge in [0.1, 0.15) is 0 Å². The highest BCUT2D eigenvalue weighted by Gasteiger charge is 2.18. The third kappa shape index (κ3) is 3.80. The molecule has 0 aromatic carbocycles. The van der Waals surface area contributed by atoms with Crippen LogP contribution in [0.4, 0.5) is 0 Å². The summed E-state index contributed by atoms with van der Waals surface area (Å²) in [4.78, 5) is 2.19. The van der Waals surface area contributed by atoms with E-state index in [2.05, 4.69) is 24.1 Å². The maximum absolute atomic E-state index is 5.45. The summed E-state index contributed by atoms with van der Waals surface area (Å²) in [7, 11) is 0. The number of hydrogen-bond acceptors (Lipinski definition) is 2. The maximum Gasteiger partial charge on any atom is 0.169 e. The highest BCUT2D eigenvalue weighted by Crippen LogP contribution is 2.04. The SMILES string of the molecule is CCCCNC(=S)N1CCOC(C)C1. The van der Waals surface area contributed by atoms with Crippen LogP contribution in [0.25, 0.3) is 0 Å². The lowest BCUT2D eigenvalue weighted by atomic mass is 10.3. The van der Waals surface area contributed by atoms with Crippen LogP contribution in [0.3, 0.4) is 0 Å². The van der Waals surface area contributed by atoms with E-state index in [-0.39, 0.29) is 0 Å². The van der Waals surface area contributed by atoms with Crippen LogP contribution >= 0.6 is 12.2 Å². The summed E-state index contributed by atoms with van der Waals surface area (Å²) in [6, 6.07) is 0. The highest BCUT2D eigenvalue weighted by molar-refractivity contribution is 7.80. The fourth-order valence-electron chi connectivity index (χ4n) is 1.49. The van der Waals surface area contributed by atoms with Crippen molar-refractivity contribution in [1.29, 1.82) is 0 Å². The van der Waals surface area contributed by atoms with Gasteiger partial charge in [-0.3, -0.25) is 0 Å². The average Bonchev–Trinajstić information content (AvgIpc) is 2.18. The topological polar surface area (TPSA) is 24.5 Å². The second-order valence-electron chi connectivity index (χ2n) is 3.71. The number of morpholine rings is 1. The van der Waals surface area contributed by atoms with Crippen LogP contribution < -0.4 is 5.32 Å². The minimum absolute atomic E-state index is 0.301. The Labute approximate surface area is 91.8 Å². The molecule has 14 heavy (non-hydrogen) atoms. The summed E-state index contributed by atoms with van der Waals surface area (Å²) in [5.74, 6) is 0. The Morgan fingerprint density at radius 1 is 1.64 bits per heavy atom.